The smallest absolute Gasteiger partial charge is 0.273 e. The van der Waals surface area contributed by atoms with Gasteiger partial charge in [0.2, 0.25) is 0 Å². The van der Waals surface area contributed by atoms with Crippen molar-refractivity contribution in [1.29, 1.82) is 0 Å². The van der Waals surface area contributed by atoms with Crippen LogP contribution in [0.15, 0.2) is 18.2 Å². The molecule has 0 amide bonds. The normalized spacial score (nSPS) is 24.9. The fourth-order valence-electron chi connectivity index (χ4n) is 2.84. The van der Waals surface area contributed by atoms with Gasteiger partial charge in [-0.25, -0.2) is 0 Å². The molecule has 0 radical (unpaired) electrons. The van der Waals surface area contributed by atoms with Crippen LogP contribution in [0.5, 0.6) is 5.75 Å². The van der Waals surface area contributed by atoms with Gasteiger partial charge < -0.3 is 14.4 Å². The number of rotatable bonds is 2. The van der Waals surface area contributed by atoms with E-state index in [1.807, 2.05) is 0 Å². The molecule has 2 atom stereocenters. The average molecular weight is 262 g/mol. The van der Waals surface area contributed by atoms with E-state index in [1.165, 1.54) is 12.1 Å². The fraction of sp³-hybridized carbons (Fsp3) is 0.462. The number of carbonyl (C=O) groups is 1. The maximum absolute atomic E-state index is 10.9. The number of hydrogen-bond acceptors (Lipinski definition) is 5. The van der Waals surface area contributed by atoms with Crippen LogP contribution in [0, 0.1) is 16.0 Å². The Balaban J connectivity index is 1.90. The number of aldehydes is 1. The second-order valence-electron chi connectivity index (χ2n) is 4.99. The molecule has 0 aromatic heterocycles. The number of nitro benzene ring substituents is 1. The molecule has 2 aliphatic rings. The molecule has 0 saturated carbocycles. The number of piperidine rings is 1. The largest absolute Gasteiger partial charge is 0.489 e. The van der Waals surface area contributed by atoms with Gasteiger partial charge >= 0.3 is 0 Å². The average Bonchev–Trinajstić information content (AvgIpc) is 2.45. The zero-order chi connectivity index (χ0) is 13.4. The Hall–Kier alpha value is -2.11. The van der Waals surface area contributed by atoms with Crippen molar-refractivity contribution >= 4 is 17.7 Å². The van der Waals surface area contributed by atoms with Crippen LogP contribution in [0.2, 0.25) is 0 Å². The lowest BCUT2D eigenvalue weighted by molar-refractivity contribution is -0.384. The highest BCUT2D eigenvalue weighted by Crippen LogP contribution is 2.39. The molecule has 6 heteroatoms. The summed E-state index contributed by atoms with van der Waals surface area (Å²) < 4.78 is 5.61. The van der Waals surface area contributed by atoms with Crippen LogP contribution in [0.3, 0.4) is 0 Å². The molecular weight excluding hydrogens is 248 g/mol. The summed E-state index contributed by atoms with van der Waals surface area (Å²) in [4.78, 5) is 23.4. The van der Waals surface area contributed by atoms with Crippen molar-refractivity contribution in [2.45, 2.75) is 18.9 Å². The van der Waals surface area contributed by atoms with E-state index in [4.69, 9.17) is 4.74 Å². The Labute approximate surface area is 110 Å². The van der Waals surface area contributed by atoms with Crippen LogP contribution in [0.25, 0.3) is 0 Å². The summed E-state index contributed by atoms with van der Waals surface area (Å²) in [6.07, 6.45) is 2.64. The first-order chi connectivity index (χ1) is 9.19. The highest BCUT2D eigenvalue weighted by molar-refractivity contribution is 5.65. The molecule has 2 heterocycles. The maximum Gasteiger partial charge on any atom is 0.273 e. The number of ether oxygens (including phenoxy) is 1. The predicted octanol–water partition coefficient (Wildman–Crippen LogP) is 1.77. The highest BCUT2D eigenvalue weighted by Gasteiger charge is 2.34. The Morgan fingerprint density at radius 1 is 1.47 bits per heavy atom. The summed E-state index contributed by atoms with van der Waals surface area (Å²) >= 11 is 0. The summed E-state index contributed by atoms with van der Waals surface area (Å²) in [5.41, 5.74) is 0.936. The Morgan fingerprint density at radius 2 is 2.32 bits per heavy atom. The van der Waals surface area contributed by atoms with Gasteiger partial charge in [0, 0.05) is 18.5 Å². The van der Waals surface area contributed by atoms with E-state index in [0.717, 1.165) is 31.4 Å². The van der Waals surface area contributed by atoms with Gasteiger partial charge in [-0.15, -0.1) is 0 Å². The first kappa shape index (κ1) is 12.0. The molecule has 1 aromatic carbocycles. The molecule has 1 unspecified atom stereocenters. The van der Waals surface area contributed by atoms with Gasteiger partial charge in [0.05, 0.1) is 22.7 Å². The Morgan fingerprint density at radius 3 is 3.05 bits per heavy atom. The minimum absolute atomic E-state index is 0.0416. The van der Waals surface area contributed by atoms with Crippen LogP contribution in [0.1, 0.15) is 12.8 Å². The summed E-state index contributed by atoms with van der Waals surface area (Å²) in [6.45, 7) is 1.28. The standard InChI is InChI=1S/C13H14N2O4/c16-7-9-3-4-14-11(5-9)8-19-13-6-10(15(17)18)1-2-12(13)14/h1-2,6-7,9,11H,3-5,8H2/t9?,11-/m1/s1. The van der Waals surface area contributed by atoms with Gasteiger partial charge in [-0.05, 0) is 18.9 Å². The van der Waals surface area contributed by atoms with Crippen molar-refractivity contribution in [2.75, 3.05) is 18.1 Å². The van der Waals surface area contributed by atoms with E-state index >= 15 is 0 Å². The minimum Gasteiger partial charge on any atom is -0.489 e. The zero-order valence-electron chi connectivity index (χ0n) is 10.3. The molecule has 0 bridgehead atoms. The third-order valence-corrected chi connectivity index (χ3v) is 3.84. The number of anilines is 1. The van der Waals surface area contributed by atoms with Crippen molar-refractivity contribution in [1.82, 2.24) is 0 Å². The molecule has 1 fully saturated rings. The molecular formula is C13H14N2O4. The molecule has 3 rings (SSSR count). The molecule has 2 aliphatic heterocycles. The second kappa shape index (κ2) is 4.53. The van der Waals surface area contributed by atoms with Crippen LogP contribution in [-0.2, 0) is 4.79 Å². The summed E-state index contributed by atoms with van der Waals surface area (Å²) in [5.74, 6) is 0.666. The van der Waals surface area contributed by atoms with E-state index in [-0.39, 0.29) is 17.6 Å². The van der Waals surface area contributed by atoms with Crippen molar-refractivity contribution in [3.05, 3.63) is 28.3 Å². The maximum atomic E-state index is 10.9. The van der Waals surface area contributed by atoms with Crippen molar-refractivity contribution < 1.29 is 14.5 Å². The van der Waals surface area contributed by atoms with E-state index in [1.54, 1.807) is 6.07 Å². The zero-order valence-corrected chi connectivity index (χ0v) is 10.3. The third-order valence-electron chi connectivity index (χ3n) is 3.84. The lowest BCUT2D eigenvalue weighted by Gasteiger charge is -2.43. The Bertz CT molecular complexity index is 531. The highest BCUT2D eigenvalue weighted by atomic mass is 16.6. The number of hydrogen-bond donors (Lipinski definition) is 0. The SMILES string of the molecule is O=CC1CCN2c3ccc([N+](=O)[O-])cc3OC[C@H]2C1. The van der Waals surface area contributed by atoms with E-state index in [2.05, 4.69) is 4.90 Å². The van der Waals surface area contributed by atoms with Gasteiger partial charge in [0.1, 0.15) is 18.6 Å². The monoisotopic (exact) mass is 262 g/mol. The first-order valence-corrected chi connectivity index (χ1v) is 6.32. The molecule has 100 valence electrons. The van der Waals surface area contributed by atoms with E-state index < -0.39 is 4.92 Å². The van der Waals surface area contributed by atoms with Gasteiger partial charge in [0.25, 0.3) is 5.69 Å². The van der Waals surface area contributed by atoms with Crippen molar-refractivity contribution in [2.24, 2.45) is 5.92 Å². The number of fused-ring (bicyclic) bond motifs is 3. The number of nitrogens with zero attached hydrogens (tertiary/aromatic N) is 2. The van der Waals surface area contributed by atoms with Crippen LogP contribution < -0.4 is 9.64 Å². The fourth-order valence-corrected chi connectivity index (χ4v) is 2.84. The molecule has 0 aliphatic carbocycles. The van der Waals surface area contributed by atoms with Gasteiger partial charge in [-0.2, -0.15) is 0 Å². The Kier molecular flexibility index (Phi) is 2.85. The van der Waals surface area contributed by atoms with E-state index in [0.29, 0.717) is 12.4 Å². The topological polar surface area (TPSA) is 72.7 Å². The van der Waals surface area contributed by atoms with Crippen molar-refractivity contribution in [3.8, 4) is 5.75 Å². The summed E-state index contributed by atoms with van der Waals surface area (Å²) in [6, 6.07) is 4.90. The predicted molar refractivity (Wildman–Crippen MR) is 68.5 cm³/mol. The minimum atomic E-state index is -0.422. The third kappa shape index (κ3) is 2.03. The number of nitro groups is 1. The number of non-ortho nitro benzene ring substituents is 1. The molecule has 19 heavy (non-hydrogen) atoms. The molecule has 0 N–H and O–H groups in total. The molecule has 0 spiro atoms. The first-order valence-electron chi connectivity index (χ1n) is 6.32. The summed E-state index contributed by atoms with van der Waals surface area (Å²) in [5, 5.41) is 10.7. The second-order valence-corrected chi connectivity index (χ2v) is 4.99. The van der Waals surface area contributed by atoms with Gasteiger partial charge in [-0.3, -0.25) is 10.1 Å². The summed E-state index contributed by atoms with van der Waals surface area (Å²) in [7, 11) is 0. The molecule has 1 aromatic rings. The van der Waals surface area contributed by atoms with Crippen LogP contribution in [0.4, 0.5) is 11.4 Å². The molecule has 1 saturated heterocycles. The number of benzene rings is 1. The van der Waals surface area contributed by atoms with Crippen LogP contribution in [-0.4, -0.2) is 30.4 Å². The van der Waals surface area contributed by atoms with Crippen LogP contribution >= 0.6 is 0 Å². The quantitative estimate of drug-likeness (QED) is 0.461. The lowest BCUT2D eigenvalue weighted by atomic mass is 9.91. The number of carbonyl (C=O) groups excluding carboxylic acids is 1. The van der Waals surface area contributed by atoms with Crippen molar-refractivity contribution in [3.63, 3.8) is 0 Å². The van der Waals surface area contributed by atoms with E-state index in [9.17, 15) is 14.9 Å². The van der Waals surface area contributed by atoms with Gasteiger partial charge in [0.15, 0.2) is 0 Å². The lowest BCUT2D eigenvalue weighted by Crippen LogP contribution is -2.48. The van der Waals surface area contributed by atoms with Gasteiger partial charge in [-0.1, -0.05) is 0 Å². The molecule has 6 nitrogen and oxygen atoms in total.